The van der Waals surface area contributed by atoms with Crippen LogP contribution >= 0.6 is 0 Å². The Kier molecular flexibility index (Phi) is 6.17. The molecule has 2 aromatic carbocycles. The lowest BCUT2D eigenvalue weighted by Crippen LogP contribution is -2.20. The Morgan fingerprint density at radius 2 is 1.76 bits per heavy atom. The van der Waals surface area contributed by atoms with E-state index in [0.29, 0.717) is 23.6 Å². The summed E-state index contributed by atoms with van der Waals surface area (Å²) in [6.45, 7) is 0.297. The highest BCUT2D eigenvalue weighted by Crippen LogP contribution is 2.23. The van der Waals surface area contributed by atoms with E-state index in [4.69, 9.17) is 15.2 Å². The summed E-state index contributed by atoms with van der Waals surface area (Å²) in [5.74, 6) is 0.525. The number of hydrogen-bond acceptors (Lipinski definition) is 4. The van der Waals surface area contributed by atoms with Gasteiger partial charge >= 0.3 is 0 Å². The summed E-state index contributed by atoms with van der Waals surface area (Å²) in [7, 11) is 3.13. The molecule has 0 saturated heterocycles. The Hall–Kier alpha value is -3.28. The maximum absolute atomic E-state index is 12.0. The first-order valence-corrected chi connectivity index (χ1v) is 7.59. The fourth-order valence-electron chi connectivity index (χ4n) is 2.18. The van der Waals surface area contributed by atoms with Crippen molar-refractivity contribution in [2.75, 3.05) is 14.2 Å². The Morgan fingerprint density at radius 1 is 1.08 bits per heavy atom. The van der Waals surface area contributed by atoms with Crippen molar-refractivity contribution >= 4 is 17.9 Å². The molecule has 0 aliphatic heterocycles. The van der Waals surface area contributed by atoms with Gasteiger partial charge in [-0.25, -0.2) is 0 Å². The van der Waals surface area contributed by atoms with Gasteiger partial charge in [0, 0.05) is 24.3 Å². The first-order valence-electron chi connectivity index (χ1n) is 7.59. The SMILES string of the molecule is COc1cc(/C=C/C(=O)NCc2cccc(C(N)=O)c2)cc(OC)c1. The number of nitrogens with one attached hydrogen (secondary N) is 1. The molecule has 0 aliphatic rings. The van der Waals surface area contributed by atoms with E-state index in [1.807, 2.05) is 6.07 Å². The van der Waals surface area contributed by atoms with Crippen molar-refractivity contribution in [1.82, 2.24) is 5.32 Å². The molecule has 2 rings (SSSR count). The second-order valence-electron chi connectivity index (χ2n) is 5.26. The van der Waals surface area contributed by atoms with Crippen LogP contribution in [0.1, 0.15) is 21.5 Å². The second kappa shape index (κ2) is 8.54. The zero-order valence-electron chi connectivity index (χ0n) is 14.1. The highest BCUT2D eigenvalue weighted by atomic mass is 16.5. The molecule has 0 radical (unpaired) electrons. The monoisotopic (exact) mass is 340 g/mol. The van der Waals surface area contributed by atoms with E-state index >= 15 is 0 Å². The summed E-state index contributed by atoms with van der Waals surface area (Å²) >= 11 is 0. The second-order valence-corrected chi connectivity index (χ2v) is 5.26. The highest BCUT2D eigenvalue weighted by molar-refractivity contribution is 5.93. The van der Waals surface area contributed by atoms with Crippen molar-refractivity contribution < 1.29 is 19.1 Å². The van der Waals surface area contributed by atoms with E-state index in [1.54, 1.807) is 56.7 Å². The minimum Gasteiger partial charge on any atom is -0.497 e. The summed E-state index contributed by atoms with van der Waals surface area (Å²) in [5, 5.41) is 2.75. The molecular weight excluding hydrogens is 320 g/mol. The third-order valence-corrected chi connectivity index (χ3v) is 3.48. The Labute approximate surface area is 146 Å². The molecule has 0 fully saturated rings. The molecule has 0 saturated carbocycles. The van der Waals surface area contributed by atoms with Crippen LogP contribution in [-0.4, -0.2) is 26.0 Å². The summed E-state index contributed by atoms with van der Waals surface area (Å²) in [6, 6.07) is 12.2. The van der Waals surface area contributed by atoms with Crippen LogP contribution in [0.5, 0.6) is 11.5 Å². The van der Waals surface area contributed by atoms with E-state index < -0.39 is 5.91 Å². The fourth-order valence-corrected chi connectivity index (χ4v) is 2.18. The molecule has 6 heteroatoms. The van der Waals surface area contributed by atoms with E-state index in [2.05, 4.69) is 5.32 Å². The molecule has 2 amide bonds. The number of methoxy groups -OCH3 is 2. The van der Waals surface area contributed by atoms with Crippen LogP contribution in [0.25, 0.3) is 6.08 Å². The minimum atomic E-state index is -0.500. The molecule has 0 heterocycles. The average Bonchev–Trinajstić information content (AvgIpc) is 2.64. The van der Waals surface area contributed by atoms with Gasteiger partial charge in [-0.1, -0.05) is 12.1 Å². The van der Waals surface area contributed by atoms with E-state index in [1.165, 1.54) is 6.08 Å². The maximum atomic E-state index is 12.0. The molecule has 0 bridgehead atoms. The molecule has 0 unspecified atom stereocenters. The van der Waals surface area contributed by atoms with Gasteiger partial charge in [-0.05, 0) is 41.5 Å². The lowest BCUT2D eigenvalue weighted by Gasteiger charge is -2.06. The van der Waals surface area contributed by atoms with Crippen molar-refractivity contribution in [2.45, 2.75) is 6.54 Å². The van der Waals surface area contributed by atoms with Crippen LogP contribution in [0.3, 0.4) is 0 Å². The number of benzene rings is 2. The first kappa shape index (κ1) is 18.1. The fraction of sp³-hybridized carbons (Fsp3) is 0.158. The number of carbonyl (C=O) groups is 2. The van der Waals surface area contributed by atoms with Gasteiger partial charge in [0.05, 0.1) is 14.2 Å². The number of primary amides is 1. The maximum Gasteiger partial charge on any atom is 0.248 e. The number of amides is 2. The number of rotatable bonds is 7. The predicted octanol–water partition coefficient (Wildman–Crippen LogP) is 2.13. The van der Waals surface area contributed by atoms with Crippen LogP contribution < -0.4 is 20.5 Å². The van der Waals surface area contributed by atoms with Gasteiger partial charge in [-0.3, -0.25) is 9.59 Å². The zero-order chi connectivity index (χ0) is 18.2. The normalized spacial score (nSPS) is 10.5. The van der Waals surface area contributed by atoms with Crippen molar-refractivity contribution in [3.05, 3.63) is 65.2 Å². The third-order valence-electron chi connectivity index (χ3n) is 3.48. The van der Waals surface area contributed by atoms with Crippen molar-refractivity contribution in [3.63, 3.8) is 0 Å². The average molecular weight is 340 g/mol. The Morgan fingerprint density at radius 3 is 2.36 bits per heavy atom. The number of nitrogens with two attached hydrogens (primary N) is 1. The molecule has 25 heavy (non-hydrogen) atoms. The Balaban J connectivity index is 1.99. The van der Waals surface area contributed by atoms with Crippen LogP contribution in [0.4, 0.5) is 0 Å². The van der Waals surface area contributed by atoms with Crippen LogP contribution in [0.15, 0.2) is 48.5 Å². The quantitative estimate of drug-likeness (QED) is 0.756. The lowest BCUT2D eigenvalue weighted by atomic mass is 10.1. The van der Waals surface area contributed by atoms with E-state index in [-0.39, 0.29) is 5.91 Å². The molecule has 130 valence electrons. The molecule has 2 aromatic rings. The summed E-state index contributed by atoms with van der Waals surface area (Å²) in [4.78, 5) is 23.1. The number of hydrogen-bond donors (Lipinski definition) is 2. The summed E-state index contributed by atoms with van der Waals surface area (Å²) in [6.07, 6.45) is 3.09. The summed E-state index contributed by atoms with van der Waals surface area (Å²) in [5.41, 5.74) is 7.22. The van der Waals surface area contributed by atoms with E-state index in [9.17, 15) is 9.59 Å². The topological polar surface area (TPSA) is 90.6 Å². The van der Waals surface area contributed by atoms with Gasteiger partial charge < -0.3 is 20.5 Å². The molecule has 6 nitrogen and oxygen atoms in total. The van der Waals surface area contributed by atoms with Crippen LogP contribution in [0.2, 0.25) is 0 Å². The number of carbonyl (C=O) groups excluding carboxylic acids is 2. The smallest absolute Gasteiger partial charge is 0.248 e. The van der Waals surface area contributed by atoms with Gasteiger partial charge in [0.1, 0.15) is 11.5 Å². The Bertz CT molecular complexity index is 778. The van der Waals surface area contributed by atoms with Gasteiger partial charge in [0.15, 0.2) is 0 Å². The lowest BCUT2D eigenvalue weighted by molar-refractivity contribution is -0.116. The van der Waals surface area contributed by atoms with Crippen LogP contribution in [0, 0.1) is 0 Å². The third kappa shape index (κ3) is 5.39. The number of ether oxygens (including phenoxy) is 2. The van der Waals surface area contributed by atoms with Gasteiger partial charge in [-0.2, -0.15) is 0 Å². The van der Waals surface area contributed by atoms with Gasteiger partial charge in [-0.15, -0.1) is 0 Å². The molecule has 0 aliphatic carbocycles. The minimum absolute atomic E-state index is 0.258. The zero-order valence-corrected chi connectivity index (χ0v) is 14.1. The molecule has 3 N–H and O–H groups in total. The molecular formula is C19H20N2O4. The van der Waals surface area contributed by atoms with Gasteiger partial charge in [0.2, 0.25) is 11.8 Å². The summed E-state index contributed by atoms with van der Waals surface area (Å²) < 4.78 is 10.4. The predicted molar refractivity (Wildman–Crippen MR) is 95.4 cm³/mol. The van der Waals surface area contributed by atoms with Crippen molar-refractivity contribution in [3.8, 4) is 11.5 Å². The first-order chi connectivity index (χ1) is 12.0. The highest BCUT2D eigenvalue weighted by Gasteiger charge is 2.03. The molecule has 0 spiro atoms. The molecule has 0 aromatic heterocycles. The molecule has 0 atom stereocenters. The standard InChI is InChI=1S/C19H20N2O4/c1-24-16-9-13(10-17(11-16)25-2)6-7-18(22)21-12-14-4-3-5-15(8-14)19(20)23/h3-11H,12H2,1-2H3,(H2,20,23)(H,21,22)/b7-6+. The van der Waals surface area contributed by atoms with Gasteiger partial charge in [0.25, 0.3) is 0 Å². The largest absolute Gasteiger partial charge is 0.497 e. The van der Waals surface area contributed by atoms with Crippen molar-refractivity contribution in [2.24, 2.45) is 5.73 Å². The van der Waals surface area contributed by atoms with Crippen molar-refractivity contribution in [1.29, 1.82) is 0 Å². The van der Waals surface area contributed by atoms with Crippen LogP contribution in [-0.2, 0) is 11.3 Å². The van der Waals surface area contributed by atoms with E-state index in [0.717, 1.165) is 11.1 Å².